The van der Waals surface area contributed by atoms with Crippen LogP contribution in [-0.4, -0.2) is 16.8 Å². The third-order valence-electron chi connectivity index (χ3n) is 4.68. The molecule has 6 nitrogen and oxygen atoms in total. The molecule has 28 heavy (non-hydrogen) atoms. The fourth-order valence-electron chi connectivity index (χ4n) is 3.47. The number of anilines is 3. The topological polar surface area (TPSA) is 68.3 Å². The second-order valence-corrected chi connectivity index (χ2v) is 7.13. The van der Waals surface area contributed by atoms with Crippen molar-refractivity contribution in [1.29, 1.82) is 0 Å². The zero-order valence-electron chi connectivity index (χ0n) is 16.6. The number of rotatable bonds is 5. The maximum Gasteiger partial charge on any atom is 0.231 e. The van der Waals surface area contributed by atoms with Crippen LogP contribution in [0.25, 0.3) is 0 Å². The molecule has 2 N–H and O–H groups in total. The van der Waals surface area contributed by atoms with Crippen molar-refractivity contribution in [2.75, 3.05) is 17.4 Å². The molecular formula is C22H24N4O2. The Kier molecular flexibility index (Phi) is 4.77. The lowest BCUT2D eigenvalue weighted by molar-refractivity contribution is 0.174. The number of hydrogen-bond acceptors (Lipinski definition) is 6. The average molecular weight is 376 g/mol. The minimum Gasteiger partial charge on any atom is -0.454 e. The summed E-state index contributed by atoms with van der Waals surface area (Å²) in [6, 6.07) is 12.2. The first kappa shape index (κ1) is 18.1. The molecule has 0 bridgehead atoms. The molecule has 1 aliphatic rings. The smallest absolute Gasteiger partial charge is 0.231 e. The highest BCUT2D eigenvalue weighted by Gasteiger charge is 2.13. The third-order valence-corrected chi connectivity index (χ3v) is 4.68. The van der Waals surface area contributed by atoms with Gasteiger partial charge in [-0.15, -0.1) is 0 Å². The molecule has 0 amide bonds. The summed E-state index contributed by atoms with van der Waals surface area (Å²) in [5.74, 6) is 3.83. The van der Waals surface area contributed by atoms with Crippen molar-refractivity contribution >= 4 is 17.3 Å². The monoisotopic (exact) mass is 376 g/mol. The summed E-state index contributed by atoms with van der Waals surface area (Å²) in [5, 5.41) is 6.82. The Labute approximate surface area is 164 Å². The Morgan fingerprint density at radius 2 is 1.57 bits per heavy atom. The number of aryl methyl sites for hydroxylation is 4. The minimum absolute atomic E-state index is 0.282. The molecule has 6 heteroatoms. The Morgan fingerprint density at radius 1 is 0.857 bits per heavy atom. The van der Waals surface area contributed by atoms with Gasteiger partial charge in [0, 0.05) is 18.3 Å². The SMILES string of the molecule is Cc1cc(C)c(Nc2cc(NCc3ccc4c(c3)OCO4)nc(C)n2)c(C)c1. The summed E-state index contributed by atoms with van der Waals surface area (Å²) < 4.78 is 10.8. The molecule has 2 aromatic carbocycles. The molecule has 0 saturated heterocycles. The molecular weight excluding hydrogens is 352 g/mol. The predicted octanol–water partition coefficient (Wildman–Crippen LogP) is 4.79. The molecule has 1 aliphatic heterocycles. The van der Waals surface area contributed by atoms with Gasteiger partial charge in [0.15, 0.2) is 11.5 Å². The van der Waals surface area contributed by atoms with Crippen molar-refractivity contribution in [2.45, 2.75) is 34.2 Å². The molecule has 144 valence electrons. The van der Waals surface area contributed by atoms with Gasteiger partial charge in [0.05, 0.1) is 0 Å². The highest BCUT2D eigenvalue weighted by atomic mass is 16.7. The average Bonchev–Trinajstić information content (AvgIpc) is 3.10. The van der Waals surface area contributed by atoms with Crippen molar-refractivity contribution in [3.05, 3.63) is 64.5 Å². The second kappa shape index (κ2) is 7.38. The maximum absolute atomic E-state index is 5.44. The minimum atomic E-state index is 0.282. The van der Waals surface area contributed by atoms with E-state index in [9.17, 15) is 0 Å². The van der Waals surface area contributed by atoms with Crippen LogP contribution in [0.3, 0.4) is 0 Å². The zero-order valence-corrected chi connectivity index (χ0v) is 16.6. The van der Waals surface area contributed by atoms with E-state index in [0.717, 1.165) is 34.4 Å². The van der Waals surface area contributed by atoms with Gasteiger partial charge in [-0.05, 0) is 56.5 Å². The van der Waals surface area contributed by atoms with Crippen LogP contribution in [-0.2, 0) is 6.54 Å². The second-order valence-electron chi connectivity index (χ2n) is 7.13. The lowest BCUT2D eigenvalue weighted by Crippen LogP contribution is -2.06. The largest absolute Gasteiger partial charge is 0.454 e. The van der Waals surface area contributed by atoms with Crippen LogP contribution < -0.4 is 20.1 Å². The van der Waals surface area contributed by atoms with Crippen molar-refractivity contribution in [1.82, 2.24) is 9.97 Å². The molecule has 4 rings (SSSR count). The summed E-state index contributed by atoms with van der Waals surface area (Å²) in [4.78, 5) is 9.04. The van der Waals surface area contributed by atoms with Crippen LogP contribution in [0, 0.1) is 27.7 Å². The molecule has 0 radical (unpaired) electrons. The quantitative estimate of drug-likeness (QED) is 0.667. The molecule has 2 heterocycles. The van der Waals surface area contributed by atoms with Gasteiger partial charge in [-0.2, -0.15) is 0 Å². The fourth-order valence-corrected chi connectivity index (χ4v) is 3.47. The van der Waals surface area contributed by atoms with E-state index in [-0.39, 0.29) is 6.79 Å². The Bertz CT molecular complexity index is 1010. The summed E-state index contributed by atoms with van der Waals surface area (Å²) in [6.07, 6.45) is 0. The van der Waals surface area contributed by atoms with Crippen LogP contribution in [0.1, 0.15) is 28.1 Å². The van der Waals surface area contributed by atoms with E-state index in [0.29, 0.717) is 12.4 Å². The summed E-state index contributed by atoms with van der Waals surface area (Å²) >= 11 is 0. The highest BCUT2D eigenvalue weighted by Crippen LogP contribution is 2.32. The van der Waals surface area contributed by atoms with E-state index in [1.165, 1.54) is 16.7 Å². The van der Waals surface area contributed by atoms with E-state index in [4.69, 9.17) is 9.47 Å². The maximum atomic E-state index is 5.44. The van der Waals surface area contributed by atoms with E-state index >= 15 is 0 Å². The number of benzene rings is 2. The normalized spacial score (nSPS) is 12.1. The van der Waals surface area contributed by atoms with Crippen LogP contribution in [0.4, 0.5) is 17.3 Å². The standard InChI is InChI=1S/C22H24N4O2/c1-13-7-14(2)22(15(3)8-13)26-21-10-20(24-16(4)25-21)23-11-17-5-6-18-19(9-17)28-12-27-18/h5-10H,11-12H2,1-4H3,(H2,23,24,25,26). The highest BCUT2D eigenvalue weighted by molar-refractivity contribution is 5.66. The zero-order chi connectivity index (χ0) is 19.7. The summed E-state index contributed by atoms with van der Waals surface area (Å²) in [6.45, 7) is 9.13. The van der Waals surface area contributed by atoms with Gasteiger partial charge in [0.2, 0.25) is 6.79 Å². The first-order chi connectivity index (χ1) is 13.5. The van der Waals surface area contributed by atoms with Crippen LogP contribution in [0.5, 0.6) is 11.5 Å². The molecule has 0 saturated carbocycles. The molecule has 3 aromatic rings. The fraction of sp³-hybridized carbons (Fsp3) is 0.273. The lowest BCUT2D eigenvalue weighted by atomic mass is 10.1. The van der Waals surface area contributed by atoms with Gasteiger partial charge in [0.25, 0.3) is 0 Å². The van der Waals surface area contributed by atoms with Gasteiger partial charge < -0.3 is 20.1 Å². The molecule has 1 aromatic heterocycles. The van der Waals surface area contributed by atoms with Gasteiger partial charge in [-0.1, -0.05) is 23.8 Å². The lowest BCUT2D eigenvalue weighted by Gasteiger charge is -2.15. The summed E-state index contributed by atoms with van der Waals surface area (Å²) in [5.41, 5.74) is 5.84. The predicted molar refractivity (Wildman–Crippen MR) is 111 cm³/mol. The van der Waals surface area contributed by atoms with Gasteiger partial charge in [-0.3, -0.25) is 0 Å². The van der Waals surface area contributed by atoms with Crippen molar-refractivity contribution in [3.63, 3.8) is 0 Å². The van der Waals surface area contributed by atoms with Crippen molar-refractivity contribution in [2.24, 2.45) is 0 Å². The van der Waals surface area contributed by atoms with Gasteiger partial charge in [0.1, 0.15) is 17.5 Å². The Morgan fingerprint density at radius 3 is 2.36 bits per heavy atom. The molecule has 0 atom stereocenters. The summed E-state index contributed by atoms with van der Waals surface area (Å²) in [7, 11) is 0. The Balaban J connectivity index is 1.51. The van der Waals surface area contributed by atoms with Crippen LogP contribution >= 0.6 is 0 Å². The first-order valence-electron chi connectivity index (χ1n) is 9.31. The van der Waals surface area contributed by atoms with Crippen LogP contribution in [0.15, 0.2) is 36.4 Å². The Hall–Kier alpha value is -3.28. The van der Waals surface area contributed by atoms with Crippen molar-refractivity contribution in [3.8, 4) is 11.5 Å². The van der Waals surface area contributed by atoms with Crippen molar-refractivity contribution < 1.29 is 9.47 Å². The van der Waals surface area contributed by atoms with Gasteiger partial charge in [-0.25, -0.2) is 9.97 Å². The van der Waals surface area contributed by atoms with Crippen LogP contribution in [0.2, 0.25) is 0 Å². The molecule has 0 fully saturated rings. The number of aromatic nitrogens is 2. The van der Waals surface area contributed by atoms with E-state index in [1.54, 1.807) is 0 Å². The number of ether oxygens (including phenoxy) is 2. The number of nitrogens with zero attached hydrogens (tertiary/aromatic N) is 2. The van der Waals surface area contributed by atoms with E-state index < -0.39 is 0 Å². The molecule has 0 unspecified atom stereocenters. The molecule has 0 aliphatic carbocycles. The molecule has 0 spiro atoms. The third kappa shape index (κ3) is 3.86. The van der Waals surface area contributed by atoms with Gasteiger partial charge >= 0.3 is 0 Å². The van der Waals surface area contributed by atoms with E-state index in [1.807, 2.05) is 31.2 Å². The van der Waals surface area contributed by atoms with E-state index in [2.05, 4.69) is 53.5 Å². The number of nitrogens with one attached hydrogen (secondary N) is 2. The number of hydrogen-bond donors (Lipinski definition) is 2. The number of fused-ring (bicyclic) bond motifs is 1. The first-order valence-corrected chi connectivity index (χ1v) is 9.31.